The van der Waals surface area contributed by atoms with Gasteiger partial charge < -0.3 is 24.8 Å². The number of fused-ring (bicyclic) bond motifs is 1. The van der Waals surface area contributed by atoms with Crippen molar-refractivity contribution in [2.24, 2.45) is 0 Å². The zero-order chi connectivity index (χ0) is 20.2. The van der Waals surface area contributed by atoms with Gasteiger partial charge in [-0.1, -0.05) is 6.07 Å². The SMILES string of the molecule is CCOC(=O)C1=C(CSc2ccc3c(c2)OCCO3)NC(=O)NC1c1cccs1. The molecule has 1 atom stereocenters. The summed E-state index contributed by atoms with van der Waals surface area (Å²) in [6.45, 7) is 3.08. The van der Waals surface area contributed by atoms with E-state index in [1.807, 2.05) is 35.7 Å². The predicted octanol–water partition coefficient (Wildman–Crippen LogP) is 3.48. The summed E-state index contributed by atoms with van der Waals surface area (Å²) in [6, 6.07) is 8.62. The fourth-order valence-corrected chi connectivity index (χ4v) is 4.80. The minimum absolute atomic E-state index is 0.260. The Balaban J connectivity index is 1.61. The van der Waals surface area contributed by atoms with E-state index in [1.54, 1.807) is 6.92 Å². The summed E-state index contributed by atoms with van der Waals surface area (Å²) in [6.07, 6.45) is 0. The summed E-state index contributed by atoms with van der Waals surface area (Å²) in [4.78, 5) is 26.8. The monoisotopic (exact) mass is 432 g/mol. The quantitative estimate of drug-likeness (QED) is 0.537. The standard InChI is InChI=1S/C20H20N2O5S2/c1-2-25-19(23)17-13(21-20(24)22-18(17)16-4-3-9-28-16)11-29-12-5-6-14-15(10-12)27-8-7-26-14/h3-6,9-10,18H,2,7-8,11H2,1H3,(H2,21,22,24). The fourth-order valence-electron chi connectivity index (χ4n) is 3.12. The molecule has 9 heteroatoms. The molecule has 2 amide bonds. The Morgan fingerprint density at radius 2 is 2.10 bits per heavy atom. The number of urea groups is 1. The van der Waals surface area contributed by atoms with Gasteiger partial charge in [-0.2, -0.15) is 0 Å². The van der Waals surface area contributed by atoms with Crippen LogP contribution in [-0.4, -0.2) is 37.6 Å². The van der Waals surface area contributed by atoms with E-state index in [1.165, 1.54) is 23.1 Å². The summed E-state index contributed by atoms with van der Waals surface area (Å²) in [5.41, 5.74) is 0.976. The summed E-state index contributed by atoms with van der Waals surface area (Å²) in [5, 5.41) is 7.53. The minimum atomic E-state index is -0.529. The highest BCUT2D eigenvalue weighted by molar-refractivity contribution is 7.99. The first kappa shape index (κ1) is 19.7. The van der Waals surface area contributed by atoms with Crippen LogP contribution in [0.15, 0.2) is 51.9 Å². The van der Waals surface area contributed by atoms with Crippen molar-refractivity contribution in [2.45, 2.75) is 17.9 Å². The van der Waals surface area contributed by atoms with Crippen LogP contribution < -0.4 is 20.1 Å². The molecule has 2 N–H and O–H groups in total. The van der Waals surface area contributed by atoms with Crippen molar-refractivity contribution in [3.63, 3.8) is 0 Å². The van der Waals surface area contributed by atoms with Crippen molar-refractivity contribution in [2.75, 3.05) is 25.6 Å². The molecule has 0 spiro atoms. The van der Waals surface area contributed by atoms with Crippen molar-refractivity contribution >= 4 is 35.1 Å². The van der Waals surface area contributed by atoms with E-state index in [0.29, 0.717) is 36.0 Å². The van der Waals surface area contributed by atoms with Gasteiger partial charge in [0.25, 0.3) is 0 Å². The van der Waals surface area contributed by atoms with Gasteiger partial charge in [-0.15, -0.1) is 23.1 Å². The van der Waals surface area contributed by atoms with E-state index in [-0.39, 0.29) is 12.6 Å². The Morgan fingerprint density at radius 3 is 2.86 bits per heavy atom. The largest absolute Gasteiger partial charge is 0.486 e. The molecule has 2 aliphatic heterocycles. The molecule has 1 unspecified atom stereocenters. The van der Waals surface area contributed by atoms with Crippen LogP contribution in [0, 0.1) is 0 Å². The summed E-state index contributed by atoms with van der Waals surface area (Å²) in [5.74, 6) is 1.39. The summed E-state index contributed by atoms with van der Waals surface area (Å²) >= 11 is 2.98. The van der Waals surface area contributed by atoms with Crippen LogP contribution in [0.25, 0.3) is 0 Å². The van der Waals surface area contributed by atoms with Crippen LogP contribution in [0.5, 0.6) is 11.5 Å². The zero-order valence-corrected chi connectivity index (χ0v) is 17.4. The van der Waals surface area contributed by atoms with Crippen molar-refractivity contribution in [1.82, 2.24) is 10.6 Å². The van der Waals surface area contributed by atoms with Gasteiger partial charge in [0.15, 0.2) is 11.5 Å². The van der Waals surface area contributed by atoms with Gasteiger partial charge in [0, 0.05) is 21.2 Å². The lowest BCUT2D eigenvalue weighted by Crippen LogP contribution is -2.46. The van der Waals surface area contributed by atoms with Crippen molar-refractivity contribution < 1.29 is 23.8 Å². The van der Waals surface area contributed by atoms with Crippen LogP contribution in [0.2, 0.25) is 0 Å². The number of carbonyl (C=O) groups excluding carboxylic acids is 2. The number of thioether (sulfide) groups is 1. The minimum Gasteiger partial charge on any atom is -0.486 e. The van der Waals surface area contributed by atoms with Crippen molar-refractivity contribution in [3.05, 3.63) is 51.9 Å². The first-order chi connectivity index (χ1) is 14.2. The van der Waals surface area contributed by atoms with Gasteiger partial charge in [0.05, 0.1) is 18.2 Å². The van der Waals surface area contributed by atoms with E-state index >= 15 is 0 Å². The second-order valence-corrected chi connectivity index (χ2v) is 8.28. The topological polar surface area (TPSA) is 85.9 Å². The maximum Gasteiger partial charge on any atom is 0.338 e. The van der Waals surface area contributed by atoms with Crippen LogP contribution >= 0.6 is 23.1 Å². The Kier molecular flexibility index (Phi) is 5.96. The van der Waals surface area contributed by atoms with Crippen LogP contribution in [0.4, 0.5) is 4.79 Å². The number of esters is 1. The lowest BCUT2D eigenvalue weighted by Gasteiger charge is -2.28. The molecular weight excluding hydrogens is 412 g/mol. The third kappa shape index (κ3) is 4.35. The number of amides is 2. The summed E-state index contributed by atoms with van der Waals surface area (Å²) in [7, 11) is 0. The van der Waals surface area contributed by atoms with E-state index < -0.39 is 12.0 Å². The van der Waals surface area contributed by atoms with Crippen molar-refractivity contribution in [1.29, 1.82) is 0 Å². The molecule has 0 fully saturated rings. The molecule has 3 heterocycles. The maximum absolute atomic E-state index is 12.7. The van der Waals surface area contributed by atoms with Gasteiger partial charge in [-0.3, -0.25) is 0 Å². The third-order valence-electron chi connectivity index (χ3n) is 4.37. The Morgan fingerprint density at radius 1 is 1.28 bits per heavy atom. The van der Waals surface area contributed by atoms with E-state index in [0.717, 1.165) is 15.5 Å². The number of carbonyl (C=O) groups is 2. The van der Waals surface area contributed by atoms with Crippen molar-refractivity contribution in [3.8, 4) is 11.5 Å². The average Bonchev–Trinajstić information content (AvgIpc) is 3.26. The molecular formula is C20H20N2O5S2. The molecule has 1 aromatic carbocycles. The van der Waals surface area contributed by atoms with E-state index in [2.05, 4.69) is 10.6 Å². The number of benzene rings is 1. The Bertz CT molecular complexity index is 942. The van der Waals surface area contributed by atoms with Crippen LogP contribution in [0.3, 0.4) is 0 Å². The number of hydrogen-bond donors (Lipinski definition) is 2. The highest BCUT2D eigenvalue weighted by Crippen LogP contribution is 2.36. The Labute approximate surface area is 176 Å². The zero-order valence-electron chi connectivity index (χ0n) is 15.7. The molecule has 0 saturated carbocycles. The molecule has 0 bridgehead atoms. The molecule has 0 aliphatic carbocycles. The van der Waals surface area contributed by atoms with Gasteiger partial charge >= 0.3 is 12.0 Å². The number of hydrogen-bond acceptors (Lipinski definition) is 7. The number of rotatable bonds is 6. The van der Waals surface area contributed by atoms with Crippen LogP contribution in [0.1, 0.15) is 17.8 Å². The molecule has 1 aromatic heterocycles. The predicted molar refractivity (Wildman–Crippen MR) is 111 cm³/mol. The van der Waals surface area contributed by atoms with Crippen LogP contribution in [-0.2, 0) is 9.53 Å². The summed E-state index contributed by atoms with van der Waals surface area (Å²) < 4.78 is 16.4. The maximum atomic E-state index is 12.7. The first-order valence-corrected chi connectivity index (χ1v) is 11.1. The number of ether oxygens (including phenoxy) is 3. The highest BCUT2D eigenvalue weighted by Gasteiger charge is 2.34. The van der Waals surface area contributed by atoms with Gasteiger partial charge in [-0.25, -0.2) is 9.59 Å². The molecule has 0 saturated heterocycles. The molecule has 7 nitrogen and oxygen atoms in total. The highest BCUT2D eigenvalue weighted by atomic mass is 32.2. The molecule has 2 aromatic rings. The smallest absolute Gasteiger partial charge is 0.338 e. The molecule has 2 aliphatic rings. The lowest BCUT2D eigenvalue weighted by molar-refractivity contribution is -0.139. The van der Waals surface area contributed by atoms with Gasteiger partial charge in [0.2, 0.25) is 0 Å². The second kappa shape index (κ2) is 8.79. The molecule has 152 valence electrons. The van der Waals surface area contributed by atoms with E-state index in [9.17, 15) is 9.59 Å². The Hall–Kier alpha value is -2.65. The number of nitrogens with one attached hydrogen (secondary N) is 2. The third-order valence-corrected chi connectivity index (χ3v) is 6.33. The lowest BCUT2D eigenvalue weighted by atomic mass is 10.0. The molecule has 0 radical (unpaired) electrons. The second-order valence-electron chi connectivity index (χ2n) is 6.25. The van der Waals surface area contributed by atoms with Gasteiger partial charge in [0.1, 0.15) is 13.2 Å². The first-order valence-electron chi connectivity index (χ1n) is 9.19. The van der Waals surface area contributed by atoms with Gasteiger partial charge in [-0.05, 0) is 36.6 Å². The normalized spacial score (nSPS) is 18.1. The molecule has 29 heavy (non-hydrogen) atoms. The molecule has 4 rings (SSSR count). The van der Waals surface area contributed by atoms with E-state index in [4.69, 9.17) is 14.2 Å². The fraction of sp³-hybridized carbons (Fsp3) is 0.300. The number of thiophene rings is 1. The average molecular weight is 433 g/mol.